The lowest BCUT2D eigenvalue weighted by molar-refractivity contribution is -0.384. The normalized spacial score (nSPS) is 10.5. The molecule has 0 aliphatic heterocycles. The Labute approximate surface area is 182 Å². The van der Waals surface area contributed by atoms with Crippen molar-refractivity contribution in [2.75, 3.05) is 25.5 Å². The predicted octanol–water partition coefficient (Wildman–Crippen LogP) is 4.69. The summed E-state index contributed by atoms with van der Waals surface area (Å²) in [5, 5.41) is 17.4. The number of nitrogens with one attached hydrogen (secondary N) is 2. The van der Waals surface area contributed by atoms with Crippen LogP contribution in [0.1, 0.15) is 16.7 Å². The summed E-state index contributed by atoms with van der Waals surface area (Å²) in [5.74, 6) is 1.44. The van der Waals surface area contributed by atoms with Crippen LogP contribution in [0.2, 0.25) is 0 Å². The fourth-order valence-corrected chi connectivity index (χ4v) is 3.08. The van der Waals surface area contributed by atoms with Gasteiger partial charge < -0.3 is 20.1 Å². The van der Waals surface area contributed by atoms with Crippen LogP contribution in [0.15, 0.2) is 66.7 Å². The molecule has 3 aromatic rings. The average Bonchev–Trinajstić information content (AvgIpc) is 2.79. The Morgan fingerprint density at radius 1 is 0.968 bits per heavy atom. The lowest BCUT2D eigenvalue weighted by Crippen LogP contribution is -2.22. The number of nitrogens with zero attached hydrogens (tertiary/aromatic N) is 1. The van der Waals surface area contributed by atoms with Crippen LogP contribution in [0.5, 0.6) is 11.5 Å². The SMILES string of the molecule is COc1cccc(CNCCNc2ccc([N+](=O)[O-])cc2)c1OCc1ccc(C)cc1. The number of methoxy groups -OCH3 is 1. The van der Waals surface area contributed by atoms with E-state index in [1.54, 1.807) is 19.2 Å². The van der Waals surface area contributed by atoms with Crippen LogP contribution in [0.25, 0.3) is 0 Å². The summed E-state index contributed by atoms with van der Waals surface area (Å²) in [7, 11) is 1.64. The minimum Gasteiger partial charge on any atom is -0.493 e. The quantitative estimate of drug-likeness (QED) is 0.265. The third-order valence-corrected chi connectivity index (χ3v) is 4.81. The van der Waals surface area contributed by atoms with Gasteiger partial charge in [-0.1, -0.05) is 42.0 Å². The van der Waals surface area contributed by atoms with Crippen molar-refractivity contribution >= 4 is 11.4 Å². The van der Waals surface area contributed by atoms with Crippen molar-refractivity contribution in [3.05, 3.63) is 93.5 Å². The van der Waals surface area contributed by atoms with Gasteiger partial charge in [-0.3, -0.25) is 10.1 Å². The van der Waals surface area contributed by atoms with Crippen molar-refractivity contribution in [1.82, 2.24) is 5.32 Å². The molecule has 3 rings (SSSR count). The lowest BCUT2D eigenvalue weighted by atomic mass is 10.1. The predicted molar refractivity (Wildman–Crippen MR) is 122 cm³/mol. The van der Waals surface area contributed by atoms with Gasteiger partial charge in [0.05, 0.1) is 12.0 Å². The van der Waals surface area contributed by atoms with Gasteiger partial charge in [0.2, 0.25) is 0 Å². The highest BCUT2D eigenvalue weighted by Crippen LogP contribution is 2.31. The zero-order valence-electron chi connectivity index (χ0n) is 17.8. The van der Waals surface area contributed by atoms with Crippen molar-refractivity contribution in [2.45, 2.75) is 20.1 Å². The molecule has 0 radical (unpaired) electrons. The zero-order valence-corrected chi connectivity index (χ0v) is 17.8. The van der Waals surface area contributed by atoms with E-state index in [0.717, 1.165) is 22.6 Å². The molecule has 0 atom stereocenters. The van der Waals surface area contributed by atoms with Gasteiger partial charge in [-0.2, -0.15) is 0 Å². The van der Waals surface area contributed by atoms with E-state index in [2.05, 4.69) is 41.8 Å². The number of non-ortho nitro benzene ring substituents is 1. The van der Waals surface area contributed by atoms with Gasteiger partial charge in [0, 0.05) is 43.0 Å². The first kappa shape index (κ1) is 22.1. The summed E-state index contributed by atoms with van der Waals surface area (Å²) in [6.07, 6.45) is 0. The largest absolute Gasteiger partial charge is 0.493 e. The first-order valence-electron chi connectivity index (χ1n) is 10.1. The molecule has 0 aromatic heterocycles. The second-order valence-corrected chi connectivity index (χ2v) is 7.13. The smallest absolute Gasteiger partial charge is 0.269 e. The second-order valence-electron chi connectivity index (χ2n) is 7.13. The van der Waals surface area contributed by atoms with Crippen LogP contribution in [0.3, 0.4) is 0 Å². The highest BCUT2D eigenvalue weighted by atomic mass is 16.6. The number of hydrogen-bond donors (Lipinski definition) is 2. The molecule has 7 heteroatoms. The average molecular weight is 421 g/mol. The molecule has 0 fully saturated rings. The van der Waals surface area contributed by atoms with Crippen LogP contribution in [0.4, 0.5) is 11.4 Å². The van der Waals surface area contributed by atoms with Gasteiger partial charge in [-0.05, 0) is 30.7 Å². The lowest BCUT2D eigenvalue weighted by Gasteiger charge is -2.16. The molecule has 31 heavy (non-hydrogen) atoms. The van der Waals surface area contributed by atoms with Crippen LogP contribution in [-0.4, -0.2) is 25.1 Å². The molecule has 0 amide bonds. The molecule has 0 heterocycles. The Kier molecular flexibility index (Phi) is 7.84. The summed E-state index contributed by atoms with van der Waals surface area (Å²) in [6, 6.07) is 20.5. The van der Waals surface area contributed by atoms with E-state index in [0.29, 0.717) is 32.0 Å². The van der Waals surface area contributed by atoms with Gasteiger partial charge in [-0.25, -0.2) is 0 Å². The van der Waals surface area contributed by atoms with Crippen molar-refractivity contribution in [1.29, 1.82) is 0 Å². The Hall–Kier alpha value is -3.58. The van der Waals surface area contributed by atoms with Crippen molar-refractivity contribution in [2.24, 2.45) is 0 Å². The summed E-state index contributed by atoms with van der Waals surface area (Å²) in [6.45, 7) is 4.55. The molecule has 0 saturated heterocycles. The Morgan fingerprint density at radius 2 is 1.71 bits per heavy atom. The van der Waals surface area contributed by atoms with Crippen LogP contribution in [-0.2, 0) is 13.2 Å². The van der Waals surface area contributed by atoms with E-state index < -0.39 is 4.92 Å². The summed E-state index contributed by atoms with van der Waals surface area (Å²) >= 11 is 0. The number of para-hydroxylation sites is 1. The minimum absolute atomic E-state index is 0.0832. The van der Waals surface area contributed by atoms with E-state index in [1.807, 2.05) is 18.2 Å². The van der Waals surface area contributed by atoms with E-state index in [9.17, 15) is 10.1 Å². The molecule has 0 aliphatic rings. The standard InChI is InChI=1S/C24H27N3O4/c1-18-6-8-19(9-7-18)17-31-24-20(4-3-5-23(24)30-2)16-25-14-15-26-21-10-12-22(13-11-21)27(28)29/h3-13,25-26H,14-17H2,1-2H3. The highest BCUT2D eigenvalue weighted by molar-refractivity contribution is 5.48. The molecule has 2 N–H and O–H groups in total. The van der Waals surface area contributed by atoms with E-state index in [4.69, 9.17) is 9.47 Å². The Balaban J connectivity index is 1.52. The first-order chi connectivity index (χ1) is 15.1. The number of nitro groups is 1. The number of ether oxygens (including phenoxy) is 2. The number of nitro benzene ring substituents is 1. The van der Waals surface area contributed by atoms with Gasteiger partial charge in [0.25, 0.3) is 5.69 Å². The summed E-state index contributed by atoms with van der Waals surface area (Å²) in [5.41, 5.74) is 4.26. The molecule has 0 unspecified atom stereocenters. The molecule has 0 aliphatic carbocycles. The van der Waals surface area contributed by atoms with Crippen LogP contribution < -0.4 is 20.1 Å². The van der Waals surface area contributed by atoms with Gasteiger partial charge in [0.1, 0.15) is 6.61 Å². The monoisotopic (exact) mass is 421 g/mol. The molecule has 7 nitrogen and oxygen atoms in total. The number of aryl methyl sites for hydroxylation is 1. The fourth-order valence-electron chi connectivity index (χ4n) is 3.08. The van der Waals surface area contributed by atoms with Crippen molar-refractivity contribution in [3.8, 4) is 11.5 Å². The van der Waals surface area contributed by atoms with Crippen molar-refractivity contribution in [3.63, 3.8) is 0 Å². The summed E-state index contributed by atoms with van der Waals surface area (Å²) in [4.78, 5) is 10.3. The Morgan fingerprint density at radius 3 is 2.39 bits per heavy atom. The maximum absolute atomic E-state index is 10.7. The second kappa shape index (κ2) is 11.0. The molecule has 3 aromatic carbocycles. The number of hydrogen-bond acceptors (Lipinski definition) is 6. The maximum Gasteiger partial charge on any atom is 0.269 e. The van der Waals surface area contributed by atoms with Gasteiger partial charge >= 0.3 is 0 Å². The number of anilines is 1. The van der Waals surface area contributed by atoms with E-state index in [1.165, 1.54) is 17.7 Å². The molecule has 0 saturated carbocycles. The molecular weight excluding hydrogens is 394 g/mol. The van der Waals surface area contributed by atoms with Gasteiger partial charge in [0.15, 0.2) is 11.5 Å². The minimum atomic E-state index is -0.405. The maximum atomic E-state index is 10.7. The summed E-state index contributed by atoms with van der Waals surface area (Å²) < 4.78 is 11.6. The Bertz CT molecular complexity index is 989. The third-order valence-electron chi connectivity index (χ3n) is 4.81. The van der Waals surface area contributed by atoms with E-state index >= 15 is 0 Å². The molecule has 0 bridgehead atoms. The molecular formula is C24H27N3O4. The molecule has 0 spiro atoms. The highest BCUT2D eigenvalue weighted by Gasteiger charge is 2.11. The number of rotatable bonds is 11. The van der Waals surface area contributed by atoms with Crippen LogP contribution in [0, 0.1) is 17.0 Å². The number of benzene rings is 3. The fraction of sp³-hybridized carbons (Fsp3) is 0.250. The zero-order chi connectivity index (χ0) is 22.1. The molecule has 162 valence electrons. The third kappa shape index (κ3) is 6.45. The topological polar surface area (TPSA) is 85.7 Å². The first-order valence-corrected chi connectivity index (χ1v) is 10.1. The van der Waals surface area contributed by atoms with Crippen LogP contribution >= 0.6 is 0 Å². The van der Waals surface area contributed by atoms with Gasteiger partial charge in [-0.15, -0.1) is 0 Å². The van der Waals surface area contributed by atoms with Crippen molar-refractivity contribution < 1.29 is 14.4 Å². The van der Waals surface area contributed by atoms with E-state index in [-0.39, 0.29) is 5.69 Å².